The largest absolute Gasteiger partial charge is 0.480 e. The minimum absolute atomic E-state index is 0.206. The second kappa shape index (κ2) is 11.3. The van der Waals surface area contributed by atoms with Gasteiger partial charge in [0.15, 0.2) is 0 Å². The van der Waals surface area contributed by atoms with E-state index in [1.54, 1.807) is 6.92 Å². The molecule has 1 aliphatic rings. The summed E-state index contributed by atoms with van der Waals surface area (Å²) in [7, 11) is 3.90. The average Bonchev–Trinajstić information content (AvgIpc) is 3.01. The van der Waals surface area contributed by atoms with Gasteiger partial charge in [0, 0.05) is 4.88 Å². The van der Waals surface area contributed by atoms with Crippen LogP contribution in [0.25, 0.3) is 0 Å². The molecule has 29 heavy (non-hydrogen) atoms. The number of ether oxygens (including phenoxy) is 1. The molecule has 0 saturated heterocycles. The normalized spacial score (nSPS) is 14.3. The van der Waals surface area contributed by atoms with Gasteiger partial charge in [0.2, 0.25) is 5.91 Å². The van der Waals surface area contributed by atoms with Gasteiger partial charge in [-0.05, 0) is 71.8 Å². The topological polar surface area (TPSA) is 108 Å². The van der Waals surface area contributed by atoms with Gasteiger partial charge < -0.3 is 25.4 Å². The van der Waals surface area contributed by atoms with Gasteiger partial charge in [0.05, 0.1) is 18.6 Å². The third kappa shape index (κ3) is 6.80. The lowest BCUT2D eigenvalue weighted by Crippen LogP contribution is -2.40. The molecule has 0 unspecified atom stereocenters. The highest BCUT2D eigenvalue weighted by Crippen LogP contribution is 2.38. The zero-order valence-electron chi connectivity index (χ0n) is 17.4. The van der Waals surface area contributed by atoms with E-state index in [-0.39, 0.29) is 13.0 Å². The van der Waals surface area contributed by atoms with Crippen molar-refractivity contribution in [1.29, 1.82) is 0 Å². The molecule has 1 heterocycles. The number of amides is 1. The molecule has 0 bridgehead atoms. The van der Waals surface area contributed by atoms with Crippen LogP contribution in [0.1, 0.15) is 53.4 Å². The molecule has 0 aromatic carbocycles. The summed E-state index contributed by atoms with van der Waals surface area (Å²) in [5, 5.41) is 15.6. The number of fused-ring (bicyclic) bond motifs is 1. The van der Waals surface area contributed by atoms with Crippen molar-refractivity contribution in [2.24, 2.45) is 0 Å². The van der Waals surface area contributed by atoms with E-state index < -0.39 is 23.9 Å². The number of aliphatic carboxylic acids is 1. The van der Waals surface area contributed by atoms with E-state index in [2.05, 4.69) is 10.6 Å². The number of thiophene rings is 1. The maximum absolute atomic E-state index is 12.5. The molecule has 0 spiro atoms. The van der Waals surface area contributed by atoms with Crippen molar-refractivity contribution in [3.63, 3.8) is 0 Å². The van der Waals surface area contributed by atoms with Crippen LogP contribution in [0.2, 0.25) is 0 Å². The van der Waals surface area contributed by atoms with Crippen molar-refractivity contribution in [2.45, 2.75) is 51.5 Å². The highest BCUT2D eigenvalue weighted by molar-refractivity contribution is 7.17. The quantitative estimate of drug-likeness (QED) is 0.368. The summed E-state index contributed by atoms with van der Waals surface area (Å²) in [5.74, 6) is -1.93. The van der Waals surface area contributed by atoms with E-state index >= 15 is 0 Å². The molecule has 2 rings (SSSR count). The number of aryl methyl sites for hydroxylation is 1. The predicted octanol–water partition coefficient (Wildman–Crippen LogP) is 2.13. The fourth-order valence-electron chi connectivity index (χ4n) is 3.35. The molecule has 1 aromatic rings. The maximum atomic E-state index is 12.5. The smallest absolute Gasteiger partial charge is 0.341 e. The lowest BCUT2D eigenvalue weighted by molar-refractivity contribution is -0.141. The zero-order valence-corrected chi connectivity index (χ0v) is 18.2. The first-order valence-electron chi connectivity index (χ1n) is 10.1. The van der Waals surface area contributed by atoms with Gasteiger partial charge in [0.25, 0.3) is 0 Å². The first kappa shape index (κ1) is 23.3. The number of rotatable bonds is 11. The van der Waals surface area contributed by atoms with E-state index in [9.17, 15) is 19.5 Å². The highest BCUT2D eigenvalue weighted by atomic mass is 32.1. The zero-order chi connectivity index (χ0) is 21.4. The van der Waals surface area contributed by atoms with Crippen LogP contribution in [0.3, 0.4) is 0 Å². The minimum atomic E-state index is -1.07. The Morgan fingerprint density at radius 2 is 1.97 bits per heavy atom. The van der Waals surface area contributed by atoms with Crippen molar-refractivity contribution in [2.75, 3.05) is 39.1 Å². The third-order valence-corrected chi connectivity index (χ3v) is 5.97. The van der Waals surface area contributed by atoms with Crippen LogP contribution in [0.4, 0.5) is 5.00 Å². The molecule has 3 N–H and O–H groups in total. The Labute approximate surface area is 175 Å². The van der Waals surface area contributed by atoms with Gasteiger partial charge in [0.1, 0.15) is 11.0 Å². The van der Waals surface area contributed by atoms with Gasteiger partial charge in [-0.3, -0.25) is 9.59 Å². The lowest BCUT2D eigenvalue weighted by Gasteiger charge is -2.16. The number of carbonyl (C=O) groups is 3. The molecule has 1 aromatic heterocycles. The van der Waals surface area contributed by atoms with Crippen molar-refractivity contribution in [3.05, 3.63) is 16.0 Å². The summed E-state index contributed by atoms with van der Waals surface area (Å²) in [6.45, 7) is 3.34. The van der Waals surface area contributed by atoms with Crippen LogP contribution in [-0.4, -0.2) is 67.7 Å². The van der Waals surface area contributed by atoms with E-state index in [4.69, 9.17) is 4.74 Å². The first-order valence-corrected chi connectivity index (χ1v) is 10.9. The van der Waals surface area contributed by atoms with E-state index in [0.717, 1.165) is 49.1 Å². The molecule has 162 valence electrons. The summed E-state index contributed by atoms with van der Waals surface area (Å²) in [6, 6.07) is -0.974. The SMILES string of the molecule is CCOC(=O)c1c(NC(=O)C[C@@H](NCCCN(C)C)C(=O)O)sc2c1CCCC2. The summed E-state index contributed by atoms with van der Waals surface area (Å²) >= 11 is 1.40. The Morgan fingerprint density at radius 1 is 1.24 bits per heavy atom. The molecule has 8 nitrogen and oxygen atoms in total. The molecule has 0 aliphatic heterocycles. The van der Waals surface area contributed by atoms with Crippen LogP contribution in [-0.2, 0) is 27.2 Å². The summed E-state index contributed by atoms with van der Waals surface area (Å²) < 4.78 is 5.18. The third-order valence-electron chi connectivity index (χ3n) is 4.76. The van der Waals surface area contributed by atoms with E-state index in [1.807, 2.05) is 19.0 Å². The molecule has 0 radical (unpaired) electrons. The van der Waals surface area contributed by atoms with Gasteiger partial charge >= 0.3 is 11.9 Å². The Balaban J connectivity index is 2.05. The number of carbonyl (C=O) groups excluding carboxylic acids is 2. The monoisotopic (exact) mass is 425 g/mol. The fourth-order valence-corrected chi connectivity index (χ4v) is 4.65. The number of nitrogens with one attached hydrogen (secondary N) is 2. The Hall–Kier alpha value is -1.97. The minimum Gasteiger partial charge on any atom is -0.480 e. The van der Waals surface area contributed by atoms with Crippen molar-refractivity contribution >= 4 is 34.2 Å². The Morgan fingerprint density at radius 3 is 2.62 bits per heavy atom. The van der Waals surface area contributed by atoms with Crippen LogP contribution in [0.15, 0.2) is 0 Å². The van der Waals surface area contributed by atoms with E-state index in [0.29, 0.717) is 17.1 Å². The second-order valence-electron chi connectivity index (χ2n) is 7.39. The summed E-state index contributed by atoms with van der Waals surface area (Å²) in [6.07, 6.45) is 4.31. The molecule has 1 aliphatic carbocycles. The fraction of sp³-hybridized carbons (Fsp3) is 0.650. The van der Waals surface area contributed by atoms with Gasteiger partial charge in [-0.2, -0.15) is 0 Å². The van der Waals surface area contributed by atoms with Crippen molar-refractivity contribution in [3.8, 4) is 0 Å². The van der Waals surface area contributed by atoms with E-state index in [1.165, 1.54) is 11.3 Å². The number of anilines is 1. The highest BCUT2D eigenvalue weighted by Gasteiger charge is 2.28. The number of hydrogen-bond donors (Lipinski definition) is 3. The lowest BCUT2D eigenvalue weighted by atomic mass is 9.95. The Bertz CT molecular complexity index is 732. The molecule has 9 heteroatoms. The molecule has 1 amide bonds. The molecule has 1 atom stereocenters. The number of esters is 1. The predicted molar refractivity (Wildman–Crippen MR) is 113 cm³/mol. The Kier molecular flexibility index (Phi) is 9.06. The van der Waals surface area contributed by atoms with Crippen molar-refractivity contribution in [1.82, 2.24) is 10.2 Å². The summed E-state index contributed by atoms with van der Waals surface area (Å²) in [4.78, 5) is 39.6. The maximum Gasteiger partial charge on any atom is 0.341 e. The van der Waals surface area contributed by atoms with Gasteiger partial charge in [-0.1, -0.05) is 0 Å². The van der Waals surface area contributed by atoms with Crippen molar-refractivity contribution < 1.29 is 24.2 Å². The average molecular weight is 426 g/mol. The van der Waals surface area contributed by atoms with Gasteiger partial charge in [-0.15, -0.1) is 11.3 Å². The van der Waals surface area contributed by atoms with Gasteiger partial charge in [-0.25, -0.2) is 4.79 Å². The molecular weight excluding hydrogens is 394 g/mol. The van der Waals surface area contributed by atoms with Crippen LogP contribution in [0, 0.1) is 0 Å². The molecular formula is C20H31N3O5S. The molecule has 0 fully saturated rings. The van der Waals surface area contributed by atoms with Crippen LogP contribution < -0.4 is 10.6 Å². The summed E-state index contributed by atoms with van der Waals surface area (Å²) in [5.41, 5.74) is 1.40. The second-order valence-corrected chi connectivity index (χ2v) is 8.49. The molecule has 0 saturated carbocycles. The van der Waals surface area contributed by atoms with Crippen LogP contribution in [0.5, 0.6) is 0 Å². The standard InChI is InChI=1S/C20H31N3O5S/c1-4-28-20(27)17-13-8-5-6-9-15(13)29-18(17)22-16(24)12-14(19(25)26)21-10-7-11-23(2)3/h14,21H,4-12H2,1-3H3,(H,22,24)(H,25,26)/t14-/m1/s1. The number of carboxylic acids is 1. The first-order chi connectivity index (χ1) is 13.8. The number of hydrogen-bond acceptors (Lipinski definition) is 7. The van der Waals surface area contributed by atoms with Crippen LogP contribution >= 0.6 is 11.3 Å². The number of nitrogens with zero attached hydrogens (tertiary/aromatic N) is 1. The number of carboxylic acid groups (broad SMARTS) is 1.